The number of carboxylic acid groups (broad SMARTS) is 1. The zero-order valence-corrected chi connectivity index (χ0v) is 7.23. The summed E-state index contributed by atoms with van der Waals surface area (Å²) in [5, 5.41) is 8.60. The van der Waals surface area contributed by atoms with Crippen molar-refractivity contribution in [1.29, 1.82) is 0 Å². The van der Waals surface area contributed by atoms with Crippen LogP contribution >= 0.6 is 0 Å². The van der Waals surface area contributed by atoms with Crippen molar-refractivity contribution >= 4 is 17.0 Å². The summed E-state index contributed by atoms with van der Waals surface area (Å²) >= 11 is 0. The Hall–Kier alpha value is -2.04. The summed E-state index contributed by atoms with van der Waals surface area (Å²) in [4.78, 5) is 24.4. The molecule has 0 fully saturated rings. The molecule has 2 aromatic rings. The molecule has 5 heteroatoms. The summed E-state index contributed by atoms with van der Waals surface area (Å²) < 4.78 is 1.19. The van der Waals surface area contributed by atoms with Crippen LogP contribution in [0.1, 0.15) is 0 Å². The zero-order valence-electron chi connectivity index (χ0n) is 7.23. The summed E-state index contributed by atoms with van der Waals surface area (Å²) in [6.45, 7) is -0.317. The van der Waals surface area contributed by atoms with Gasteiger partial charge in [-0.25, -0.2) is 4.79 Å². The first-order chi connectivity index (χ1) is 6.68. The Morgan fingerprint density at radius 3 is 2.86 bits per heavy atom. The Bertz CT molecular complexity index is 538. The van der Waals surface area contributed by atoms with E-state index in [2.05, 4.69) is 4.98 Å². The molecular formula is C9H8N2O3. The third kappa shape index (κ3) is 1.28. The number of aromatic amines is 1. The van der Waals surface area contributed by atoms with E-state index in [1.54, 1.807) is 24.3 Å². The van der Waals surface area contributed by atoms with Crippen LogP contribution in [0.15, 0.2) is 29.1 Å². The van der Waals surface area contributed by atoms with Crippen LogP contribution in [-0.4, -0.2) is 20.6 Å². The predicted molar refractivity (Wildman–Crippen MR) is 50.2 cm³/mol. The minimum absolute atomic E-state index is 0.317. The van der Waals surface area contributed by atoms with Crippen LogP contribution in [0.4, 0.5) is 0 Å². The second-order valence-electron chi connectivity index (χ2n) is 2.93. The van der Waals surface area contributed by atoms with E-state index in [1.165, 1.54) is 4.57 Å². The van der Waals surface area contributed by atoms with E-state index in [-0.39, 0.29) is 6.54 Å². The average Bonchev–Trinajstić information content (AvgIpc) is 2.43. The Balaban J connectivity index is 2.68. The van der Waals surface area contributed by atoms with Crippen molar-refractivity contribution < 1.29 is 9.90 Å². The molecule has 0 aliphatic heterocycles. The minimum Gasteiger partial charge on any atom is -0.480 e. The van der Waals surface area contributed by atoms with Gasteiger partial charge in [0.2, 0.25) is 0 Å². The van der Waals surface area contributed by atoms with Crippen molar-refractivity contribution in [1.82, 2.24) is 9.55 Å². The molecule has 72 valence electrons. The second-order valence-corrected chi connectivity index (χ2v) is 2.93. The van der Waals surface area contributed by atoms with Crippen molar-refractivity contribution in [3.8, 4) is 0 Å². The summed E-state index contributed by atoms with van der Waals surface area (Å²) in [6.07, 6.45) is 0. The lowest BCUT2D eigenvalue weighted by Gasteiger charge is -1.96. The number of carbonyl (C=O) groups is 1. The van der Waals surface area contributed by atoms with Gasteiger partial charge in [-0.1, -0.05) is 12.1 Å². The van der Waals surface area contributed by atoms with E-state index >= 15 is 0 Å². The molecule has 0 atom stereocenters. The summed E-state index contributed by atoms with van der Waals surface area (Å²) in [6, 6.07) is 6.97. The number of benzene rings is 1. The quantitative estimate of drug-likeness (QED) is 0.723. The number of hydrogen-bond donors (Lipinski definition) is 2. The van der Waals surface area contributed by atoms with Gasteiger partial charge in [-0.3, -0.25) is 9.36 Å². The van der Waals surface area contributed by atoms with Crippen LogP contribution < -0.4 is 5.69 Å². The smallest absolute Gasteiger partial charge is 0.327 e. The largest absolute Gasteiger partial charge is 0.480 e. The molecule has 1 heterocycles. The number of hydrogen-bond acceptors (Lipinski definition) is 2. The number of aromatic nitrogens is 2. The van der Waals surface area contributed by atoms with Crippen LogP contribution in [0, 0.1) is 0 Å². The third-order valence-electron chi connectivity index (χ3n) is 1.97. The van der Waals surface area contributed by atoms with Gasteiger partial charge < -0.3 is 10.1 Å². The van der Waals surface area contributed by atoms with Gasteiger partial charge in [0, 0.05) is 0 Å². The molecule has 0 amide bonds. The summed E-state index contributed by atoms with van der Waals surface area (Å²) in [5.74, 6) is -1.03. The maximum atomic E-state index is 11.3. The number of nitrogens with zero attached hydrogens (tertiary/aromatic N) is 1. The molecule has 0 unspecified atom stereocenters. The summed E-state index contributed by atoms with van der Waals surface area (Å²) in [5.41, 5.74) is 0.868. The molecule has 0 saturated heterocycles. The van der Waals surface area contributed by atoms with Crippen molar-refractivity contribution in [3.63, 3.8) is 0 Å². The number of nitrogens with one attached hydrogen (secondary N) is 1. The SMILES string of the molecule is O=C(O)Cn1c(=O)[nH]c2ccccc21. The van der Waals surface area contributed by atoms with Crippen molar-refractivity contribution in [3.05, 3.63) is 34.7 Å². The van der Waals surface area contributed by atoms with Gasteiger partial charge in [-0.15, -0.1) is 0 Å². The highest BCUT2D eigenvalue weighted by Crippen LogP contribution is 2.08. The average molecular weight is 192 g/mol. The number of aliphatic carboxylic acids is 1. The predicted octanol–water partition coefficient (Wildman–Crippen LogP) is 0.414. The van der Waals surface area contributed by atoms with E-state index in [0.29, 0.717) is 11.0 Å². The Morgan fingerprint density at radius 1 is 1.43 bits per heavy atom. The molecule has 0 spiro atoms. The molecule has 1 aromatic carbocycles. The molecule has 0 bridgehead atoms. The number of para-hydroxylation sites is 2. The molecule has 0 aliphatic carbocycles. The molecule has 0 radical (unpaired) electrons. The molecular weight excluding hydrogens is 184 g/mol. The molecule has 0 saturated carbocycles. The lowest BCUT2D eigenvalue weighted by Crippen LogP contribution is -2.21. The van der Waals surface area contributed by atoms with Crippen LogP contribution in [0.3, 0.4) is 0 Å². The molecule has 0 aliphatic rings. The van der Waals surface area contributed by atoms with Crippen molar-refractivity contribution in [2.45, 2.75) is 6.54 Å². The normalized spacial score (nSPS) is 10.6. The third-order valence-corrected chi connectivity index (χ3v) is 1.97. The monoisotopic (exact) mass is 192 g/mol. The standard InChI is InChI=1S/C9H8N2O3/c12-8(13)5-11-7-4-2-1-3-6(7)10-9(11)14/h1-4H,5H2,(H,10,14)(H,12,13). The van der Waals surface area contributed by atoms with Crippen LogP contribution in [0.5, 0.6) is 0 Å². The van der Waals surface area contributed by atoms with Crippen molar-refractivity contribution in [2.24, 2.45) is 0 Å². The zero-order chi connectivity index (χ0) is 10.1. The fourth-order valence-corrected chi connectivity index (χ4v) is 1.40. The first kappa shape index (κ1) is 8.55. The molecule has 5 nitrogen and oxygen atoms in total. The van der Waals surface area contributed by atoms with Crippen LogP contribution in [0.2, 0.25) is 0 Å². The van der Waals surface area contributed by atoms with E-state index in [0.717, 1.165) is 0 Å². The fourth-order valence-electron chi connectivity index (χ4n) is 1.40. The molecule has 2 rings (SSSR count). The topological polar surface area (TPSA) is 75.1 Å². The highest BCUT2D eigenvalue weighted by atomic mass is 16.4. The van der Waals surface area contributed by atoms with Gasteiger partial charge >= 0.3 is 11.7 Å². The molecule has 14 heavy (non-hydrogen) atoms. The first-order valence-corrected chi connectivity index (χ1v) is 4.08. The van der Waals surface area contributed by atoms with Gasteiger partial charge in [0.1, 0.15) is 6.54 Å². The maximum absolute atomic E-state index is 11.3. The highest BCUT2D eigenvalue weighted by Gasteiger charge is 2.08. The van der Waals surface area contributed by atoms with Gasteiger partial charge in [0.15, 0.2) is 0 Å². The van der Waals surface area contributed by atoms with Gasteiger partial charge in [0.05, 0.1) is 11.0 Å². The van der Waals surface area contributed by atoms with Crippen LogP contribution in [0.25, 0.3) is 11.0 Å². The van der Waals surface area contributed by atoms with Crippen LogP contribution in [-0.2, 0) is 11.3 Å². The van der Waals surface area contributed by atoms with Gasteiger partial charge in [-0.05, 0) is 12.1 Å². The lowest BCUT2D eigenvalue weighted by atomic mass is 10.3. The number of fused-ring (bicyclic) bond motifs is 1. The molecule has 2 N–H and O–H groups in total. The number of rotatable bonds is 2. The van der Waals surface area contributed by atoms with Gasteiger partial charge in [0.25, 0.3) is 0 Å². The number of H-pyrrole nitrogens is 1. The fraction of sp³-hybridized carbons (Fsp3) is 0.111. The number of carboxylic acids is 1. The Labute approximate surface area is 78.6 Å². The van der Waals surface area contributed by atoms with E-state index in [4.69, 9.17) is 5.11 Å². The highest BCUT2D eigenvalue weighted by molar-refractivity contribution is 5.77. The summed E-state index contributed by atoms with van der Waals surface area (Å²) in [7, 11) is 0. The van der Waals surface area contributed by atoms with E-state index < -0.39 is 11.7 Å². The first-order valence-electron chi connectivity index (χ1n) is 4.08. The molecule has 1 aromatic heterocycles. The minimum atomic E-state index is -1.03. The van der Waals surface area contributed by atoms with Gasteiger partial charge in [-0.2, -0.15) is 0 Å². The van der Waals surface area contributed by atoms with Crippen molar-refractivity contribution in [2.75, 3.05) is 0 Å². The Kier molecular flexibility index (Phi) is 1.85. The maximum Gasteiger partial charge on any atom is 0.327 e. The Morgan fingerprint density at radius 2 is 2.14 bits per heavy atom. The second kappa shape index (κ2) is 3.02. The van der Waals surface area contributed by atoms with E-state index in [9.17, 15) is 9.59 Å². The lowest BCUT2D eigenvalue weighted by molar-refractivity contribution is -0.137. The number of imidazole rings is 1. The van der Waals surface area contributed by atoms with E-state index in [1.807, 2.05) is 0 Å².